The van der Waals surface area contributed by atoms with Crippen LogP contribution in [0.3, 0.4) is 0 Å². The van der Waals surface area contributed by atoms with Gasteiger partial charge in [0.25, 0.3) is 0 Å². The number of rotatable bonds is 4. The molecule has 0 aliphatic rings. The Morgan fingerprint density at radius 2 is 1.11 bits per heavy atom. The minimum absolute atomic E-state index is 1.12. The molecule has 35 heavy (non-hydrogen) atoms. The lowest BCUT2D eigenvalue weighted by Crippen LogP contribution is -1.96. The number of hydrogen-bond donors (Lipinski definition) is 0. The molecule has 0 N–H and O–H groups in total. The average molecular weight is 447 g/mol. The van der Waals surface area contributed by atoms with Gasteiger partial charge in [-0.1, -0.05) is 122 Å². The first kappa shape index (κ1) is 21.1. The van der Waals surface area contributed by atoms with Crippen molar-refractivity contribution in [3.05, 3.63) is 133 Å². The van der Waals surface area contributed by atoms with Crippen LogP contribution in [-0.4, -0.2) is 0 Å². The summed E-state index contributed by atoms with van der Waals surface area (Å²) >= 11 is 0. The van der Waals surface area contributed by atoms with Gasteiger partial charge in [0.05, 0.1) is 0 Å². The predicted octanol–water partition coefficient (Wildman–Crippen LogP) is 10.1. The first-order valence-electron chi connectivity index (χ1n) is 12.0. The highest BCUT2D eigenvalue weighted by Gasteiger charge is 2.20. The van der Waals surface area contributed by atoms with Gasteiger partial charge in [-0.25, -0.2) is 0 Å². The Morgan fingerprint density at radius 3 is 1.89 bits per heavy atom. The summed E-state index contributed by atoms with van der Waals surface area (Å²) in [5.41, 5.74) is 8.36. The molecule has 6 aromatic rings. The number of aryl methyl sites for hydroxylation is 1. The minimum Gasteiger partial charge on any atom is -0.0984 e. The van der Waals surface area contributed by atoms with Gasteiger partial charge in [0, 0.05) is 0 Å². The molecule has 0 aliphatic heterocycles. The van der Waals surface area contributed by atoms with Crippen LogP contribution in [0.1, 0.15) is 16.7 Å². The van der Waals surface area contributed by atoms with Gasteiger partial charge in [-0.05, 0) is 84.3 Å². The summed E-state index contributed by atoms with van der Waals surface area (Å²) in [4.78, 5) is 0. The lowest BCUT2D eigenvalue weighted by Gasteiger charge is -2.21. The third kappa shape index (κ3) is 3.30. The Bertz CT molecular complexity index is 1780. The lowest BCUT2D eigenvalue weighted by atomic mass is 9.82. The zero-order valence-electron chi connectivity index (χ0n) is 19.9. The molecule has 0 unspecified atom stereocenters. The van der Waals surface area contributed by atoms with E-state index in [1.54, 1.807) is 0 Å². The quantitative estimate of drug-likeness (QED) is 0.253. The van der Waals surface area contributed by atoms with Crippen LogP contribution in [0.5, 0.6) is 0 Å². The normalized spacial score (nSPS) is 11.2. The van der Waals surface area contributed by atoms with E-state index in [0.29, 0.717) is 0 Å². The molecule has 0 fully saturated rings. The second-order valence-corrected chi connectivity index (χ2v) is 9.07. The van der Waals surface area contributed by atoms with Gasteiger partial charge in [0.15, 0.2) is 0 Å². The van der Waals surface area contributed by atoms with Crippen molar-refractivity contribution in [3.63, 3.8) is 0 Å². The molecule has 0 amide bonds. The van der Waals surface area contributed by atoms with Crippen LogP contribution in [0.4, 0.5) is 0 Å². The van der Waals surface area contributed by atoms with E-state index in [1.807, 2.05) is 12.2 Å². The van der Waals surface area contributed by atoms with Gasteiger partial charge in [0.1, 0.15) is 0 Å². The second-order valence-electron chi connectivity index (χ2n) is 9.07. The standard InChI is InChI=1S/C35H26/c1-4-27-28(5-2)35(31-19-11-17-29-23(3)12-10-18-30(29)31)33-16-9-8-15-32(33)34(27)26-21-20-24-13-6-7-14-25(24)22-26/h4-22H,1-2H2,3H3. The van der Waals surface area contributed by atoms with Gasteiger partial charge in [-0.2, -0.15) is 0 Å². The highest BCUT2D eigenvalue weighted by Crippen LogP contribution is 2.45. The third-order valence-electron chi connectivity index (χ3n) is 7.15. The zero-order valence-corrected chi connectivity index (χ0v) is 19.9. The van der Waals surface area contributed by atoms with Gasteiger partial charge in [-0.15, -0.1) is 0 Å². The zero-order chi connectivity index (χ0) is 23.9. The molecule has 0 radical (unpaired) electrons. The van der Waals surface area contributed by atoms with Crippen LogP contribution in [0.15, 0.2) is 116 Å². The van der Waals surface area contributed by atoms with Crippen molar-refractivity contribution in [2.45, 2.75) is 6.92 Å². The Morgan fingerprint density at radius 1 is 0.514 bits per heavy atom. The molecule has 0 nitrogen and oxygen atoms in total. The molecule has 0 aromatic heterocycles. The maximum atomic E-state index is 4.27. The average Bonchev–Trinajstić information content (AvgIpc) is 2.91. The van der Waals surface area contributed by atoms with E-state index >= 15 is 0 Å². The van der Waals surface area contributed by atoms with Crippen molar-refractivity contribution in [2.75, 3.05) is 0 Å². The van der Waals surface area contributed by atoms with Crippen molar-refractivity contribution in [3.8, 4) is 22.3 Å². The fraction of sp³-hybridized carbons (Fsp3) is 0.0286. The van der Waals surface area contributed by atoms with Crippen LogP contribution < -0.4 is 0 Å². The Balaban J connectivity index is 1.77. The molecule has 166 valence electrons. The van der Waals surface area contributed by atoms with Crippen LogP contribution in [0.2, 0.25) is 0 Å². The second kappa shape index (κ2) is 8.42. The summed E-state index contributed by atoms with van der Waals surface area (Å²) in [6.07, 6.45) is 3.99. The summed E-state index contributed by atoms with van der Waals surface area (Å²) < 4.78 is 0. The summed E-state index contributed by atoms with van der Waals surface area (Å²) in [6, 6.07) is 37.1. The van der Waals surface area contributed by atoms with E-state index in [0.717, 1.165) is 11.1 Å². The Labute approximate surface area is 206 Å². The monoisotopic (exact) mass is 446 g/mol. The highest BCUT2D eigenvalue weighted by molar-refractivity contribution is 6.15. The van der Waals surface area contributed by atoms with E-state index in [1.165, 1.54) is 60.1 Å². The minimum atomic E-state index is 1.12. The van der Waals surface area contributed by atoms with Gasteiger partial charge >= 0.3 is 0 Å². The molecule has 0 spiro atoms. The molecule has 0 atom stereocenters. The Kier molecular flexibility index (Phi) is 5.08. The highest BCUT2D eigenvalue weighted by atomic mass is 14.2. The fourth-order valence-electron chi connectivity index (χ4n) is 5.53. The van der Waals surface area contributed by atoms with Crippen LogP contribution >= 0.6 is 0 Å². The van der Waals surface area contributed by atoms with Crippen molar-refractivity contribution >= 4 is 44.5 Å². The summed E-state index contributed by atoms with van der Waals surface area (Å²) in [6.45, 7) is 10.7. The Hall–Kier alpha value is -4.42. The molecule has 0 saturated heterocycles. The van der Waals surface area contributed by atoms with Crippen molar-refractivity contribution in [1.29, 1.82) is 0 Å². The molecule has 6 aromatic carbocycles. The number of fused-ring (bicyclic) bond motifs is 3. The van der Waals surface area contributed by atoms with E-state index in [2.05, 4.69) is 123 Å². The first-order chi connectivity index (χ1) is 17.2. The maximum Gasteiger partial charge on any atom is -0.00204 e. The number of benzene rings is 6. The molecular formula is C35H26. The van der Waals surface area contributed by atoms with Gasteiger partial charge in [0.2, 0.25) is 0 Å². The van der Waals surface area contributed by atoms with Gasteiger partial charge in [-0.3, -0.25) is 0 Å². The maximum absolute atomic E-state index is 4.27. The summed E-state index contributed by atoms with van der Waals surface area (Å²) in [5.74, 6) is 0. The molecule has 0 bridgehead atoms. The largest absolute Gasteiger partial charge is 0.0984 e. The fourth-order valence-corrected chi connectivity index (χ4v) is 5.53. The van der Waals surface area contributed by atoms with E-state index in [9.17, 15) is 0 Å². The molecule has 6 rings (SSSR count). The van der Waals surface area contributed by atoms with Crippen LogP contribution in [-0.2, 0) is 0 Å². The topological polar surface area (TPSA) is 0 Å². The first-order valence-corrected chi connectivity index (χ1v) is 12.0. The van der Waals surface area contributed by atoms with E-state index in [4.69, 9.17) is 0 Å². The third-order valence-corrected chi connectivity index (χ3v) is 7.15. The predicted molar refractivity (Wildman–Crippen MR) is 155 cm³/mol. The molecule has 0 heteroatoms. The van der Waals surface area contributed by atoms with E-state index in [-0.39, 0.29) is 0 Å². The van der Waals surface area contributed by atoms with Crippen molar-refractivity contribution in [1.82, 2.24) is 0 Å². The SMILES string of the molecule is C=Cc1c(C=C)c(-c2cccc3c(C)cccc23)c2ccccc2c1-c1ccc2ccccc2c1. The van der Waals surface area contributed by atoms with E-state index < -0.39 is 0 Å². The smallest absolute Gasteiger partial charge is 0.00204 e. The molecule has 0 aliphatic carbocycles. The van der Waals surface area contributed by atoms with Crippen molar-refractivity contribution in [2.24, 2.45) is 0 Å². The van der Waals surface area contributed by atoms with Crippen LogP contribution in [0.25, 0.3) is 66.7 Å². The van der Waals surface area contributed by atoms with Gasteiger partial charge < -0.3 is 0 Å². The lowest BCUT2D eigenvalue weighted by molar-refractivity contribution is 1.53. The molecular weight excluding hydrogens is 420 g/mol. The van der Waals surface area contributed by atoms with Crippen LogP contribution in [0, 0.1) is 6.92 Å². The molecule has 0 heterocycles. The summed E-state index contributed by atoms with van der Waals surface area (Å²) in [5, 5.41) is 7.47. The van der Waals surface area contributed by atoms with Crippen molar-refractivity contribution < 1.29 is 0 Å². The molecule has 0 saturated carbocycles. The summed E-state index contributed by atoms with van der Waals surface area (Å²) in [7, 11) is 0. The number of hydrogen-bond acceptors (Lipinski definition) is 0.